The van der Waals surface area contributed by atoms with Crippen LogP contribution in [0, 0.1) is 11.7 Å². The van der Waals surface area contributed by atoms with Crippen LogP contribution in [0.25, 0.3) is 0 Å². The van der Waals surface area contributed by atoms with Gasteiger partial charge < -0.3 is 9.84 Å². The van der Waals surface area contributed by atoms with Crippen LogP contribution in [0.1, 0.15) is 54.0 Å². The van der Waals surface area contributed by atoms with E-state index >= 15 is 0 Å². The number of benzene rings is 2. The number of hydrogen-bond acceptors (Lipinski definition) is 4. The fourth-order valence-electron chi connectivity index (χ4n) is 5.82. The third kappa shape index (κ3) is 6.95. The molecule has 4 rings (SSSR count). The Bertz CT molecular complexity index is 1150. The lowest BCUT2D eigenvalue weighted by atomic mass is 9.86. The van der Waals surface area contributed by atoms with Gasteiger partial charge in [-0.25, -0.2) is 4.39 Å². The van der Waals surface area contributed by atoms with Crippen molar-refractivity contribution in [3.05, 3.63) is 70.5 Å². The number of aliphatic carboxylic acids is 1. The summed E-state index contributed by atoms with van der Waals surface area (Å²) in [6.07, 6.45) is -10.5. The largest absolute Gasteiger partial charge is 0.480 e. The zero-order valence-corrected chi connectivity index (χ0v) is 22.0. The predicted molar refractivity (Wildman–Crippen MR) is 132 cm³/mol. The molecule has 2 aliphatic rings. The van der Waals surface area contributed by atoms with Gasteiger partial charge in [0, 0.05) is 32.1 Å². The number of rotatable bonds is 7. The highest BCUT2D eigenvalue weighted by Crippen LogP contribution is 2.45. The fourth-order valence-corrected chi connectivity index (χ4v) is 5.82. The summed E-state index contributed by atoms with van der Waals surface area (Å²) in [6, 6.07) is 6.57. The molecule has 1 saturated carbocycles. The summed E-state index contributed by atoms with van der Waals surface area (Å²) in [4.78, 5) is 15.5. The number of ether oxygens (including phenoxy) is 1. The monoisotopic (exact) mass is 576 g/mol. The van der Waals surface area contributed by atoms with E-state index in [2.05, 4.69) is 0 Å². The minimum Gasteiger partial charge on any atom is -0.480 e. The lowest BCUT2D eigenvalue weighted by Crippen LogP contribution is -2.55. The summed E-state index contributed by atoms with van der Waals surface area (Å²) in [5, 5.41) is 9.57. The average Bonchev–Trinajstić information content (AvgIpc) is 3.25. The van der Waals surface area contributed by atoms with Crippen LogP contribution < -0.4 is 0 Å². The second-order valence-electron chi connectivity index (χ2n) is 10.7. The van der Waals surface area contributed by atoms with Gasteiger partial charge in [0.1, 0.15) is 11.9 Å². The first-order valence-electron chi connectivity index (χ1n) is 13.0. The molecule has 0 spiro atoms. The van der Waals surface area contributed by atoms with Gasteiger partial charge in [-0.2, -0.15) is 26.3 Å². The second kappa shape index (κ2) is 11.7. The van der Waals surface area contributed by atoms with Crippen LogP contribution in [0.4, 0.5) is 30.7 Å². The molecule has 5 atom stereocenters. The molecule has 40 heavy (non-hydrogen) atoms. The molecule has 1 N–H and O–H groups in total. The number of hydrogen-bond donors (Lipinski definition) is 1. The Hall–Kier alpha value is -2.70. The summed E-state index contributed by atoms with van der Waals surface area (Å²) in [5.41, 5.74) is -2.32. The Morgan fingerprint density at radius 1 is 1.00 bits per heavy atom. The summed E-state index contributed by atoms with van der Waals surface area (Å²) >= 11 is 0. The van der Waals surface area contributed by atoms with Crippen molar-refractivity contribution in [3.63, 3.8) is 0 Å². The number of likely N-dealkylation sites (N-methyl/N-ethyl adjacent to an activating group) is 1. The number of nitrogens with zero attached hydrogens (tertiary/aromatic N) is 2. The fraction of sp³-hybridized carbons (Fsp3) is 0.536. The average molecular weight is 577 g/mol. The zero-order chi connectivity index (χ0) is 29.4. The number of piperazine rings is 1. The Balaban J connectivity index is 1.59. The van der Waals surface area contributed by atoms with Gasteiger partial charge in [-0.3, -0.25) is 14.6 Å². The van der Waals surface area contributed by atoms with E-state index in [9.17, 15) is 40.6 Å². The summed E-state index contributed by atoms with van der Waals surface area (Å²) < 4.78 is 100. The van der Waals surface area contributed by atoms with Crippen molar-refractivity contribution in [3.8, 4) is 0 Å². The highest BCUT2D eigenvalue weighted by atomic mass is 19.4. The minimum absolute atomic E-state index is 0.0484. The number of halogens is 7. The number of alkyl halides is 6. The van der Waals surface area contributed by atoms with Gasteiger partial charge in [0.2, 0.25) is 0 Å². The maximum Gasteiger partial charge on any atom is 0.416 e. The van der Waals surface area contributed by atoms with Crippen LogP contribution in [-0.4, -0.2) is 66.2 Å². The molecular weight excluding hydrogens is 545 g/mol. The smallest absolute Gasteiger partial charge is 0.416 e. The molecule has 1 unspecified atom stereocenters. The van der Waals surface area contributed by atoms with Crippen LogP contribution in [-0.2, 0) is 21.9 Å². The second-order valence-corrected chi connectivity index (χ2v) is 10.7. The maximum absolute atomic E-state index is 13.7. The molecule has 220 valence electrons. The van der Waals surface area contributed by atoms with Crippen molar-refractivity contribution < 1.29 is 45.4 Å². The Labute approximate surface area is 227 Å². The number of carboxylic acids is 1. The van der Waals surface area contributed by atoms with Gasteiger partial charge in [0.15, 0.2) is 0 Å². The van der Waals surface area contributed by atoms with E-state index in [0.29, 0.717) is 51.2 Å². The Morgan fingerprint density at radius 3 is 2.15 bits per heavy atom. The zero-order valence-electron chi connectivity index (χ0n) is 22.0. The molecule has 0 aromatic heterocycles. The van der Waals surface area contributed by atoms with Crippen molar-refractivity contribution in [1.82, 2.24) is 9.80 Å². The highest BCUT2D eigenvalue weighted by molar-refractivity contribution is 5.73. The first-order chi connectivity index (χ1) is 18.6. The lowest BCUT2D eigenvalue weighted by Gasteiger charge is -2.39. The molecule has 5 nitrogen and oxygen atoms in total. The highest BCUT2D eigenvalue weighted by Gasteiger charge is 2.42. The third-order valence-corrected chi connectivity index (χ3v) is 7.95. The van der Waals surface area contributed by atoms with E-state index in [1.165, 1.54) is 19.1 Å². The van der Waals surface area contributed by atoms with Crippen LogP contribution in [0.3, 0.4) is 0 Å². The predicted octanol–water partition coefficient (Wildman–Crippen LogP) is 6.20. The molecule has 1 aliphatic heterocycles. The van der Waals surface area contributed by atoms with E-state index in [0.717, 1.165) is 5.56 Å². The molecule has 2 fully saturated rings. The van der Waals surface area contributed by atoms with E-state index in [1.807, 2.05) is 4.90 Å². The van der Waals surface area contributed by atoms with E-state index < -0.39 is 53.5 Å². The van der Waals surface area contributed by atoms with Crippen molar-refractivity contribution >= 4 is 5.97 Å². The number of carbonyl (C=O) groups is 1. The summed E-state index contributed by atoms with van der Waals surface area (Å²) in [5.74, 6) is -1.74. The molecule has 1 aliphatic carbocycles. The van der Waals surface area contributed by atoms with Crippen LogP contribution in [0.15, 0.2) is 42.5 Å². The molecule has 2 aromatic carbocycles. The van der Waals surface area contributed by atoms with Crippen molar-refractivity contribution in [2.45, 2.75) is 56.3 Å². The van der Waals surface area contributed by atoms with E-state index in [-0.39, 0.29) is 23.5 Å². The molecule has 1 saturated heterocycles. The topological polar surface area (TPSA) is 53.0 Å². The first kappa shape index (κ1) is 30.3. The minimum atomic E-state index is -4.97. The Kier molecular flexibility index (Phi) is 8.82. The molecule has 0 radical (unpaired) electrons. The van der Waals surface area contributed by atoms with Gasteiger partial charge in [0.25, 0.3) is 0 Å². The van der Waals surface area contributed by atoms with Gasteiger partial charge in [-0.15, -0.1) is 0 Å². The molecule has 0 bridgehead atoms. The summed E-state index contributed by atoms with van der Waals surface area (Å²) in [6.45, 7) is 3.45. The van der Waals surface area contributed by atoms with Gasteiger partial charge in [-0.05, 0) is 74.2 Å². The van der Waals surface area contributed by atoms with Crippen molar-refractivity contribution in [2.24, 2.45) is 5.92 Å². The van der Waals surface area contributed by atoms with Gasteiger partial charge >= 0.3 is 18.3 Å². The molecule has 1 heterocycles. The third-order valence-electron chi connectivity index (χ3n) is 7.95. The normalized spacial score (nSPS) is 25.7. The summed E-state index contributed by atoms with van der Waals surface area (Å²) in [7, 11) is 1.75. The maximum atomic E-state index is 13.7. The van der Waals surface area contributed by atoms with E-state index in [1.54, 1.807) is 24.1 Å². The van der Waals surface area contributed by atoms with Crippen LogP contribution >= 0.6 is 0 Å². The Morgan fingerprint density at radius 2 is 1.60 bits per heavy atom. The van der Waals surface area contributed by atoms with Crippen molar-refractivity contribution in [1.29, 1.82) is 0 Å². The van der Waals surface area contributed by atoms with Crippen LogP contribution in [0.2, 0.25) is 0 Å². The quantitative estimate of drug-likeness (QED) is 0.398. The molecular formula is C28H31F7N2O3. The lowest BCUT2D eigenvalue weighted by molar-refractivity contribution is -0.145. The SMILES string of the molecule is C[C@@H](O[C@H]1CC[C@@H](CN2CCN(C)C(C(=O)O)C2)[C@@H]1c1ccc(F)cc1)c1cc(C(F)(F)F)cc(C(F)(F)F)c1. The van der Waals surface area contributed by atoms with Crippen molar-refractivity contribution in [2.75, 3.05) is 33.2 Å². The molecule has 0 amide bonds. The molecule has 2 aromatic rings. The first-order valence-corrected chi connectivity index (χ1v) is 13.0. The van der Waals surface area contributed by atoms with Crippen LogP contribution in [0.5, 0.6) is 0 Å². The van der Waals surface area contributed by atoms with Gasteiger partial charge in [-0.1, -0.05) is 12.1 Å². The standard InChI is InChI=1S/C28H31F7N2O3/c1-16(19-11-20(27(30,31)32)13-21(12-19)28(33,34)35)40-24-8-5-18(25(24)17-3-6-22(29)7-4-17)14-37-10-9-36(2)23(15-37)26(38)39/h3-4,6-7,11-13,16,18,23-25H,5,8-10,14-15H2,1-2H3,(H,38,39)/t16-,18+,23?,24+,25+/m1/s1. The molecule has 12 heteroatoms. The van der Waals surface area contributed by atoms with Gasteiger partial charge in [0.05, 0.1) is 23.3 Å². The number of carboxylic acid groups (broad SMARTS) is 1. The van der Waals surface area contributed by atoms with E-state index in [4.69, 9.17) is 4.74 Å².